The molecule has 0 saturated carbocycles. The minimum absolute atomic E-state index is 0.102. The van der Waals surface area contributed by atoms with Gasteiger partial charge in [0.2, 0.25) is 0 Å². The number of likely N-dealkylation sites (tertiary alicyclic amines) is 1. The highest BCUT2D eigenvalue weighted by molar-refractivity contribution is 5.86. The van der Waals surface area contributed by atoms with E-state index in [-0.39, 0.29) is 11.9 Å². The molecule has 1 aromatic carbocycles. The van der Waals surface area contributed by atoms with Gasteiger partial charge in [0.05, 0.1) is 7.11 Å². The van der Waals surface area contributed by atoms with Crippen molar-refractivity contribution < 1.29 is 19.1 Å². The molecular formula is C20H30N2O4. The number of methoxy groups -OCH3 is 1. The summed E-state index contributed by atoms with van der Waals surface area (Å²) in [4.78, 5) is 26.8. The Morgan fingerprint density at radius 2 is 1.85 bits per heavy atom. The van der Waals surface area contributed by atoms with Crippen LogP contribution in [0.3, 0.4) is 0 Å². The van der Waals surface area contributed by atoms with Crippen LogP contribution in [0.2, 0.25) is 0 Å². The van der Waals surface area contributed by atoms with E-state index in [0.29, 0.717) is 6.42 Å². The molecule has 0 aromatic heterocycles. The van der Waals surface area contributed by atoms with E-state index in [1.165, 1.54) is 0 Å². The monoisotopic (exact) mass is 362 g/mol. The minimum atomic E-state index is -0.748. The topological polar surface area (TPSA) is 67.9 Å². The predicted octanol–water partition coefficient (Wildman–Crippen LogP) is 3.22. The second-order valence-electron chi connectivity index (χ2n) is 6.68. The molecule has 0 spiro atoms. The Morgan fingerprint density at radius 3 is 2.42 bits per heavy atom. The van der Waals surface area contributed by atoms with Crippen LogP contribution in [-0.4, -0.2) is 49.1 Å². The van der Waals surface area contributed by atoms with E-state index in [1.54, 1.807) is 18.9 Å². The molecule has 1 aromatic rings. The lowest BCUT2D eigenvalue weighted by atomic mass is 10.1. The van der Waals surface area contributed by atoms with Gasteiger partial charge in [0, 0.05) is 18.8 Å². The number of benzene rings is 1. The van der Waals surface area contributed by atoms with Crippen molar-refractivity contribution in [2.24, 2.45) is 0 Å². The number of nitrogens with zero attached hydrogens (tertiary/aromatic N) is 1. The number of esters is 1. The maximum absolute atomic E-state index is 12.6. The molecule has 26 heavy (non-hydrogen) atoms. The number of nitrogens with one attached hydrogen (secondary N) is 1. The second kappa shape index (κ2) is 10.0. The highest BCUT2D eigenvalue weighted by Crippen LogP contribution is 2.18. The van der Waals surface area contributed by atoms with Gasteiger partial charge in [0.1, 0.15) is 11.8 Å². The molecule has 2 rings (SSSR count). The van der Waals surface area contributed by atoms with Crippen LogP contribution in [0.1, 0.15) is 46.0 Å². The Morgan fingerprint density at radius 1 is 1.19 bits per heavy atom. The summed E-state index contributed by atoms with van der Waals surface area (Å²) >= 11 is 0. The first-order chi connectivity index (χ1) is 12.5. The zero-order valence-corrected chi connectivity index (χ0v) is 16.0. The van der Waals surface area contributed by atoms with Crippen molar-refractivity contribution in [1.29, 1.82) is 0 Å². The third kappa shape index (κ3) is 5.64. The number of hydrogen-bond donors (Lipinski definition) is 1. The first kappa shape index (κ1) is 20.1. The fraction of sp³-hybridized carbons (Fsp3) is 0.600. The molecule has 1 aliphatic heterocycles. The standard InChI is InChI=1S/C20H30N2O4/c1-4-5-8-18(21-16-9-11-17(25-3)12-10-16)20(24)26-15(2)19(23)22-13-6-7-14-22/h9-12,15,18,21H,4-8,13-14H2,1-3H3/t15-,18+/m0/s1. The molecule has 6 heteroatoms. The third-order valence-electron chi connectivity index (χ3n) is 4.62. The summed E-state index contributed by atoms with van der Waals surface area (Å²) in [6, 6.07) is 6.93. The normalized spacial score (nSPS) is 16.0. The molecule has 6 nitrogen and oxygen atoms in total. The zero-order valence-electron chi connectivity index (χ0n) is 16.0. The number of amides is 1. The quantitative estimate of drug-likeness (QED) is 0.683. The minimum Gasteiger partial charge on any atom is -0.497 e. The van der Waals surface area contributed by atoms with Crippen LogP contribution in [0.15, 0.2) is 24.3 Å². The number of carbonyl (C=O) groups is 2. The SMILES string of the molecule is CCCC[C@@H](Nc1ccc(OC)cc1)C(=O)O[C@@H](C)C(=O)N1CCCC1. The van der Waals surface area contributed by atoms with Crippen LogP contribution in [0, 0.1) is 0 Å². The summed E-state index contributed by atoms with van der Waals surface area (Å²) in [7, 11) is 1.61. The lowest BCUT2D eigenvalue weighted by Crippen LogP contribution is -2.41. The number of ether oxygens (including phenoxy) is 2. The van der Waals surface area contributed by atoms with Crippen molar-refractivity contribution in [3.8, 4) is 5.75 Å². The van der Waals surface area contributed by atoms with Crippen molar-refractivity contribution in [1.82, 2.24) is 4.90 Å². The molecule has 0 bridgehead atoms. The molecule has 1 N–H and O–H groups in total. The van der Waals surface area contributed by atoms with Crippen LogP contribution in [0.5, 0.6) is 5.75 Å². The van der Waals surface area contributed by atoms with Crippen molar-refractivity contribution in [2.45, 2.75) is 58.1 Å². The first-order valence-corrected chi connectivity index (χ1v) is 9.45. The number of hydrogen-bond acceptors (Lipinski definition) is 5. The summed E-state index contributed by atoms with van der Waals surface area (Å²) in [6.07, 6.45) is 3.83. The largest absolute Gasteiger partial charge is 0.497 e. The van der Waals surface area contributed by atoms with Gasteiger partial charge in [-0.05, 0) is 50.5 Å². The van der Waals surface area contributed by atoms with Gasteiger partial charge in [0.15, 0.2) is 6.10 Å². The third-order valence-corrected chi connectivity index (χ3v) is 4.62. The molecule has 0 radical (unpaired) electrons. The van der Waals surface area contributed by atoms with Gasteiger partial charge >= 0.3 is 5.97 Å². The predicted molar refractivity (Wildman–Crippen MR) is 101 cm³/mol. The molecule has 1 aliphatic rings. The van der Waals surface area contributed by atoms with Crippen molar-refractivity contribution in [3.05, 3.63) is 24.3 Å². The first-order valence-electron chi connectivity index (χ1n) is 9.45. The van der Waals surface area contributed by atoms with Gasteiger partial charge in [-0.2, -0.15) is 0 Å². The molecule has 1 heterocycles. The van der Waals surface area contributed by atoms with E-state index < -0.39 is 12.1 Å². The summed E-state index contributed by atoms with van der Waals surface area (Å²) < 4.78 is 10.6. The summed E-state index contributed by atoms with van der Waals surface area (Å²) in [5.74, 6) is 0.275. The molecule has 144 valence electrons. The Kier molecular flexibility index (Phi) is 7.75. The Balaban J connectivity index is 1.97. The van der Waals surface area contributed by atoms with Gasteiger partial charge in [-0.15, -0.1) is 0 Å². The highest BCUT2D eigenvalue weighted by atomic mass is 16.5. The van der Waals surface area contributed by atoms with E-state index in [9.17, 15) is 9.59 Å². The van der Waals surface area contributed by atoms with Crippen LogP contribution in [0.4, 0.5) is 5.69 Å². The lowest BCUT2D eigenvalue weighted by Gasteiger charge is -2.24. The van der Waals surface area contributed by atoms with E-state index in [4.69, 9.17) is 9.47 Å². The number of carbonyl (C=O) groups excluding carboxylic acids is 2. The molecular weight excluding hydrogens is 332 g/mol. The van der Waals surface area contributed by atoms with E-state index in [2.05, 4.69) is 12.2 Å². The summed E-state index contributed by atoms with van der Waals surface area (Å²) in [6.45, 7) is 5.24. The van der Waals surface area contributed by atoms with E-state index >= 15 is 0 Å². The maximum atomic E-state index is 12.6. The molecule has 0 aliphatic carbocycles. The van der Waals surface area contributed by atoms with Gasteiger partial charge in [0.25, 0.3) is 5.91 Å². The molecule has 1 amide bonds. The van der Waals surface area contributed by atoms with Crippen LogP contribution >= 0.6 is 0 Å². The van der Waals surface area contributed by atoms with Gasteiger partial charge < -0.3 is 19.7 Å². The smallest absolute Gasteiger partial charge is 0.329 e. The molecule has 1 saturated heterocycles. The highest BCUT2D eigenvalue weighted by Gasteiger charge is 2.28. The summed E-state index contributed by atoms with van der Waals surface area (Å²) in [5, 5.41) is 3.22. The Labute approximate surface area is 155 Å². The van der Waals surface area contributed by atoms with Crippen LogP contribution < -0.4 is 10.1 Å². The number of rotatable bonds is 9. The molecule has 0 unspecified atom stereocenters. The Hall–Kier alpha value is -2.24. The Bertz CT molecular complexity index is 582. The molecule has 2 atom stereocenters. The van der Waals surface area contributed by atoms with Crippen molar-refractivity contribution in [2.75, 3.05) is 25.5 Å². The van der Waals surface area contributed by atoms with E-state index in [0.717, 1.165) is 50.2 Å². The average Bonchev–Trinajstić information content (AvgIpc) is 3.19. The van der Waals surface area contributed by atoms with Gasteiger partial charge in [-0.1, -0.05) is 19.8 Å². The number of unbranched alkanes of at least 4 members (excludes halogenated alkanes) is 1. The second-order valence-corrected chi connectivity index (χ2v) is 6.68. The fourth-order valence-electron chi connectivity index (χ4n) is 3.05. The maximum Gasteiger partial charge on any atom is 0.329 e. The lowest BCUT2D eigenvalue weighted by molar-refractivity contribution is -0.159. The van der Waals surface area contributed by atoms with E-state index in [1.807, 2.05) is 24.3 Å². The van der Waals surface area contributed by atoms with Crippen LogP contribution in [0.25, 0.3) is 0 Å². The summed E-state index contributed by atoms with van der Waals surface area (Å²) in [5.41, 5.74) is 0.822. The van der Waals surface area contributed by atoms with Crippen molar-refractivity contribution in [3.63, 3.8) is 0 Å². The van der Waals surface area contributed by atoms with Crippen LogP contribution in [-0.2, 0) is 14.3 Å². The van der Waals surface area contributed by atoms with Crippen molar-refractivity contribution >= 4 is 17.6 Å². The zero-order chi connectivity index (χ0) is 18.9. The van der Waals surface area contributed by atoms with Gasteiger partial charge in [-0.3, -0.25) is 4.79 Å². The molecule has 1 fully saturated rings. The average molecular weight is 362 g/mol. The number of anilines is 1. The fourth-order valence-corrected chi connectivity index (χ4v) is 3.05. The van der Waals surface area contributed by atoms with Gasteiger partial charge in [-0.25, -0.2) is 4.79 Å².